The molecule has 4 rings (SSSR count). The van der Waals surface area contributed by atoms with Gasteiger partial charge in [0.05, 0.1) is 27.0 Å². The first-order valence-electron chi connectivity index (χ1n) is 7.91. The first kappa shape index (κ1) is 15.1. The fourth-order valence-corrected chi connectivity index (χ4v) is 3.13. The van der Waals surface area contributed by atoms with E-state index in [2.05, 4.69) is 4.57 Å². The summed E-state index contributed by atoms with van der Waals surface area (Å²) in [5, 5.41) is 13.9. The van der Waals surface area contributed by atoms with E-state index < -0.39 is 4.92 Å². The van der Waals surface area contributed by atoms with Gasteiger partial charge in [0.25, 0.3) is 5.69 Å². The van der Waals surface area contributed by atoms with Crippen molar-refractivity contribution in [1.82, 2.24) is 4.57 Å². The van der Waals surface area contributed by atoms with Crippen molar-refractivity contribution in [3.05, 3.63) is 88.3 Å². The second-order valence-electron chi connectivity index (χ2n) is 5.83. The van der Waals surface area contributed by atoms with Crippen molar-refractivity contribution < 1.29 is 4.92 Å². The number of aromatic nitrogens is 1. The Hall–Kier alpha value is -3.47. The number of nitrogens with zero attached hydrogens (tertiary/aromatic N) is 3. The van der Waals surface area contributed by atoms with Crippen molar-refractivity contribution in [2.24, 2.45) is 12.0 Å². The highest BCUT2D eigenvalue weighted by molar-refractivity contribution is 5.93. The smallest absolute Gasteiger partial charge is 0.271 e. The highest BCUT2D eigenvalue weighted by Gasteiger charge is 2.08. The molecule has 122 valence electrons. The van der Waals surface area contributed by atoms with Gasteiger partial charge in [0, 0.05) is 30.0 Å². The van der Waals surface area contributed by atoms with Crippen LogP contribution in [0.2, 0.25) is 0 Å². The Morgan fingerprint density at radius 1 is 0.880 bits per heavy atom. The van der Waals surface area contributed by atoms with Gasteiger partial charge < -0.3 is 4.57 Å². The van der Waals surface area contributed by atoms with Crippen LogP contribution in [0.15, 0.2) is 77.8 Å². The van der Waals surface area contributed by atoms with Crippen molar-refractivity contribution in [2.75, 3.05) is 0 Å². The number of non-ortho nitro benzene ring substituents is 1. The summed E-state index contributed by atoms with van der Waals surface area (Å²) in [5.41, 5.74) is 2.73. The summed E-state index contributed by atoms with van der Waals surface area (Å²) in [4.78, 5) is 15.4. The van der Waals surface area contributed by atoms with E-state index in [1.54, 1.807) is 12.1 Å². The summed E-state index contributed by atoms with van der Waals surface area (Å²) in [6.45, 7) is 0. The molecule has 4 aromatic rings. The summed E-state index contributed by atoms with van der Waals surface area (Å²) in [6.07, 6.45) is 0. The molecular weight excluding hydrogens is 314 g/mol. The molecule has 0 atom stereocenters. The lowest BCUT2D eigenvalue weighted by Gasteiger charge is -2.11. The SMILES string of the molecule is Cn1c2ccccc2c(=Nc2cccc([N+](=O)[O-])c2)c2ccccc21. The maximum Gasteiger partial charge on any atom is 0.271 e. The monoisotopic (exact) mass is 329 g/mol. The van der Waals surface area contributed by atoms with Crippen LogP contribution in [0.3, 0.4) is 0 Å². The van der Waals surface area contributed by atoms with Crippen LogP contribution in [0.1, 0.15) is 0 Å². The fourth-order valence-electron chi connectivity index (χ4n) is 3.13. The van der Waals surface area contributed by atoms with Crippen molar-refractivity contribution in [1.29, 1.82) is 0 Å². The third kappa shape index (κ3) is 2.55. The zero-order valence-corrected chi connectivity index (χ0v) is 13.6. The first-order valence-corrected chi connectivity index (χ1v) is 7.91. The summed E-state index contributed by atoms with van der Waals surface area (Å²) >= 11 is 0. The first-order chi connectivity index (χ1) is 12.1. The normalized spacial score (nSPS) is 10.9. The molecule has 0 fully saturated rings. The van der Waals surface area contributed by atoms with Gasteiger partial charge >= 0.3 is 0 Å². The highest BCUT2D eigenvalue weighted by atomic mass is 16.6. The Bertz CT molecular complexity index is 1130. The molecule has 25 heavy (non-hydrogen) atoms. The molecule has 5 heteroatoms. The van der Waals surface area contributed by atoms with Gasteiger partial charge in [-0.1, -0.05) is 42.5 Å². The van der Waals surface area contributed by atoms with E-state index in [0.29, 0.717) is 5.69 Å². The molecule has 0 N–H and O–H groups in total. The maximum absolute atomic E-state index is 11.0. The van der Waals surface area contributed by atoms with Gasteiger partial charge in [0.1, 0.15) is 0 Å². The molecule has 0 saturated carbocycles. The van der Waals surface area contributed by atoms with Gasteiger partial charge in [-0.2, -0.15) is 0 Å². The largest absolute Gasteiger partial charge is 0.344 e. The van der Waals surface area contributed by atoms with E-state index in [1.165, 1.54) is 12.1 Å². The van der Waals surface area contributed by atoms with E-state index in [9.17, 15) is 10.1 Å². The number of hydrogen-bond donors (Lipinski definition) is 0. The van der Waals surface area contributed by atoms with Crippen molar-refractivity contribution >= 4 is 33.2 Å². The molecule has 0 aliphatic heterocycles. The minimum atomic E-state index is -0.403. The molecule has 0 saturated heterocycles. The molecule has 0 unspecified atom stereocenters. The molecule has 1 heterocycles. The van der Waals surface area contributed by atoms with Crippen LogP contribution in [0, 0.1) is 10.1 Å². The lowest BCUT2D eigenvalue weighted by molar-refractivity contribution is -0.384. The molecule has 1 aromatic heterocycles. The number of fused-ring (bicyclic) bond motifs is 2. The van der Waals surface area contributed by atoms with Gasteiger partial charge in [-0.05, 0) is 18.2 Å². The third-order valence-electron chi connectivity index (χ3n) is 4.32. The predicted octanol–water partition coefficient (Wildman–Crippen LogP) is 4.47. The van der Waals surface area contributed by atoms with Crippen LogP contribution < -0.4 is 5.36 Å². The molecule has 0 radical (unpaired) electrons. The minimum Gasteiger partial charge on any atom is -0.344 e. The Labute approximate surface area is 143 Å². The Kier molecular flexibility index (Phi) is 3.54. The van der Waals surface area contributed by atoms with Gasteiger partial charge in [-0.15, -0.1) is 0 Å². The number of pyridine rings is 1. The number of hydrogen-bond acceptors (Lipinski definition) is 3. The van der Waals surface area contributed by atoms with Crippen LogP contribution in [0.5, 0.6) is 0 Å². The number of nitro groups is 1. The second kappa shape index (κ2) is 5.87. The maximum atomic E-state index is 11.0. The Morgan fingerprint density at radius 2 is 1.48 bits per heavy atom. The molecule has 0 bridgehead atoms. The van der Waals surface area contributed by atoms with Crippen LogP contribution >= 0.6 is 0 Å². The molecule has 3 aromatic carbocycles. The minimum absolute atomic E-state index is 0.0383. The predicted molar refractivity (Wildman–Crippen MR) is 98.7 cm³/mol. The lowest BCUT2D eigenvalue weighted by Crippen LogP contribution is -2.10. The highest BCUT2D eigenvalue weighted by Crippen LogP contribution is 2.22. The van der Waals surface area contributed by atoms with Gasteiger partial charge in [0.15, 0.2) is 0 Å². The zero-order chi connectivity index (χ0) is 17.4. The summed E-state index contributed by atoms with van der Waals surface area (Å²) < 4.78 is 2.14. The van der Waals surface area contributed by atoms with E-state index in [0.717, 1.165) is 27.2 Å². The van der Waals surface area contributed by atoms with Gasteiger partial charge in [-0.25, -0.2) is 4.99 Å². The molecule has 0 aliphatic rings. The quantitative estimate of drug-likeness (QED) is 0.309. The Balaban J connectivity index is 2.14. The van der Waals surface area contributed by atoms with Crippen molar-refractivity contribution in [2.45, 2.75) is 0 Å². The van der Waals surface area contributed by atoms with Crippen LogP contribution in [-0.2, 0) is 7.05 Å². The van der Waals surface area contributed by atoms with Gasteiger partial charge in [-0.3, -0.25) is 10.1 Å². The average molecular weight is 329 g/mol. The lowest BCUT2D eigenvalue weighted by atomic mass is 10.1. The molecule has 0 amide bonds. The molecule has 0 spiro atoms. The summed E-state index contributed by atoms with van der Waals surface area (Å²) in [6, 6.07) is 22.5. The van der Waals surface area contributed by atoms with E-state index >= 15 is 0 Å². The third-order valence-corrected chi connectivity index (χ3v) is 4.32. The van der Waals surface area contributed by atoms with Crippen molar-refractivity contribution in [3.8, 4) is 0 Å². The number of benzene rings is 3. The number of aryl methyl sites for hydroxylation is 1. The molecule has 5 nitrogen and oxygen atoms in total. The van der Waals surface area contributed by atoms with E-state index in [1.807, 2.05) is 55.6 Å². The van der Waals surface area contributed by atoms with Crippen LogP contribution in [0.4, 0.5) is 11.4 Å². The van der Waals surface area contributed by atoms with Crippen LogP contribution in [0.25, 0.3) is 21.8 Å². The molecular formula is C20H15N3O2. The van der Waals surface area contributed by atoms with E-state index in [4.69, 9.17) is 4.99 Å². The van der Waals surface area contributed by atoms with Crippen LogP contribution in [-0.4, -0.2) is 9.49 Å². The number of nitro benzene ring substituents is 1. The Morgan fingerprint density at radius 3 is 2.08 bits per heavy atom. The fraction of sp³-hybridized carbons (Fsp3) is 0.0500. The molecule has 0 aliphatic carbocycles. The summed E-state index contributed by atoms with van der Waals surface area (Å²) in [5.74, 6) is 0. The van der Waals surface area contributed by atoms with Gasteiger partial charge in [0.2, 0.25) is 0 Å². The number of rotatable bonds is 2. The van der Waals surface area contributed by atoms with Crippen molar-refractivity contribution in [3.63, 3.8) is 0 Å². The number of para-hydroxylation sites is 2. The average Bonchev–Trinajstić information content (AvgIpc) is 2.65. The van der Waals surface area contributed by atoms with E-state index in [-0.39, 0.29) is 5.69 Å². The standard InChI is InChI=1S/C20H15N3O2/c1-22-18-11-4-2-9-16(18)20(17-10-3-5-12-19(17)22)21-14-7-6-8-15(13-14)23(24)25/h2-13H,1H3. The zero-order valence-electron chi connectivity index (χ0n) is 13.6. The summed E-state index contributed by atoms with van der Waals surface area (Å²) in [7, 11) is 2.03. The second-order valence-corrected chi connectivity index (χ2v) is 5.83. The topological polar surface area (TPSA) is 60.4 Å².